The highest BCUT2D eigenvalue weighted by molar-refractivity contribution is 7.89. The molecular formula is C19H28N2O3S. The summed E-state index contributed by atoms with van der Waals surface area (Å²) >= 11 is 0. The van der Waals surface area contributed by atoms with Crippen LogP contribution in [0.25, 0.3) is 0 Å². The van der Waals surface area contributed by atoms with Crippen molar-refractivity contribution in [3.63, 3.8) is 0 Å². The van der Waals surface area contributed by atoms with Gasteiger partial charge in [-0.3, -0.25) is 4.79 Å². The Morgan fingerprint density at radius 1 is 1.12 bits per heavy atom. The van der Waals surface area contributed by atoms with Gasteiger partial charge in [0, 0.05) is 19.6 Å². The monoisotopic (exact) mass is 364 g/mol. The lowest BCUT2D eigenvalue weighted by Gasteiger charge is -2.35. The van der Waals surface area contributed by atoms with Gasteiger partial charge in [0.1, 0.15) is 6.04 Å². The zero-order valence-electron chi connectivity index (χ0n) is 15.1. The van der Waals surface area contributed by atoms with Crippen LogP contribution >= 0.6 is 0 Å². The number of sulfonamides is 1. The van der Waals surface area contributed by atoms with Gasteiger partial charge in [0.15, 0.2) is 0 Å². The molecule has 1 aromatic rings. The molecule has 0 aliphatic carbocycles. The summed E-state index contributed by atoms with van der Waals surface area (Å²) in [6, 6.07) is 6.34. The highest BCUT2D eigenvalue weighted by atomic mass is 32.2. The molecule has 2 heterocycles. The number of rotatable bonds is 4. The Hall–Kier alpha value is -1.40. The van der Waals surface area contributed by atoms with Gasteiger partial charge in [-0.15, -0.1) is 0 Å². The first-order valence-electron chi connectivity index (χ1n) is 9.30. The zero-order valence-corrected chi connectivity index (χ0v) is 16.0. The fourth-order valence-corrected chi connectivity index (χ4v) is 5.58. The van der Waals surface area contributed by atoms with Crippen LogP contribution in [0.1, 0.15) is 44.6 Å². The summed E-state index contributed by atoms with van der Waals surface area (Å²) in [5.74, 6) is 0.535. The fraction of sp³-hybridized carbons (Fsp3) is 0.632. The molecule has 1 aromatic carbocycles. The molecular weight excluding hydrogens is 336 g/mol. The van der Waals surface area contributed by atoms with Crippen molar-refractivity contribution in [2.24, 2.45) is 5.92 Å². The Kier molecular flexibility index (Phi) is 5.49. The van der Waals surface area contributed by atoms with Crippen molar-refractivity contribution in [1.82, 2.24) is 9.21 Å². The molecule has 0 spiro atoms. The van der Waals surface area contributed by atoms with Crippen molar-refractivity contribution < 1.29 is 13.2 Å². The lowest BCUT2D eigenvalue weighted by Crippen LogP contribution is -2.50. The third kappa shape index (κ3) is 3.75. The van der Waals surface area contributed by atoms with Crippen LogP contribution in [0.5, 0.6) is 0 Å². The summed E-state index contributed by atoms with van der Waals surface area (Å²) in [4.78, 5) is 15.2. The third-order valence-corrected chi connectivity index (χ3v) is 7.45. The zero-order chi connectivity index (χ0) is 18.0. The van der Waals surface area contributed by atoms with Crippen LogP contribution in [-0.4, -0.2) is 49.2 Å². The van der Waals surface area contributed by atoms with E-state index in [-0.39, 0.29) is 10.8 Å². The first kappa shape index (κ1) is 18.4. The van der Waals surface area contributed by atoms with E-state index in [0.29, 0.717) is 18.9 Å². The van der Waals surface area contributed by atoms with Crippen LogP contribution in [0.2, 0.25) is 0 Å². The summed E-state index contributed by atoms with van der Waals surface area (Å²) in [5, 5.41) is 0. The molecule has 1 unspecified atom stereocenters. The third-order valence-electron chi connectivity index (χ3n) is 5.52. The number of amides is 1. The Bertz CT molecular complexity index is 715. The molecule has 2 fully saturated rings. The lowest BCUT2D eigenvalue weighted by atomic mass is 9.95. The summed E-state index contributed by atoms with van der Waals surface area (Å²) in [7, 11) is -3.62. The van der Waals surface area contributed by atoms with Crippen LogP contribution in [0.3, 0.4) is 0 Å². The van der Waals surface area contributed by atoms with Crippen molar-refractivity contribution in [3.8, 4) is 0 Å². The Balaban J connectivity index is 1.80. The van der Waals surface area contributed by atoms with E-state index >= 15 is 0 Å². The SMILES string of the molecule is CCC1CCCN(C(=O)[C@@H]2CCCN2S(=O)(=O)c2ccc(C)cc2)C1. The molecule has 0 saturated carbocycles. The normalized spacial score (nSPS) is 25.3. The van der Waals surface area contributed by atoms with Crippen molar-refractivity contribution in [2.45, 2.75) is 56.9 Å². The standard InChI is InChI=1S/C19H28N2O3S/c1-3-16-6-4-12-20(14-16)19(22)18-7-5-13-21(18)25(23,24)17-10-8-15(2)9-11-17/h8-11,16,18H,3-7,12-14H2,1-2H3/t16?,18-/m0/s1. The number of nitrogens with zero attached hydrogens (tertiary/aromatic N) is 2. The second-order valence-electron chi connectivity index (χ2n) is 7.29. The molecule has 138 valence electrons. The average Bonchev–Trinajstić information content (AvgIpc) is 3.12. The van der Waals surface area contributed by atoms with Crippen LogP contribution in [0.4, 0.5) is 0 Å². The number of hydrogen-bond acceptors (Lipinski definition) is 3. The summed E-state index contributed by atoms with van der Waals surface area (Å²) in [6.07, 6.45) is 4.61. The first-order chi connectivity index (χ1) is 11.9. The highest BCUT2D eigenvalue weighted by Crippen LogP contribution is 2.29. The van der Waals surface area contributed by atoms with E-state index in [9.17, 15) is 13.2 Å². The summed E-state index contributed by atoms with van der Waals surface area (Å²) < 4.78 is 27.5. The predicted molar refractivity (Wildman–Crippen MR) is 97.7 cm³/mol. The molecule has 0 bridgehead atoms. The van der Waals surface area contributed by atoms with E-state index in [4.69, 9.17) is 0 Å². The molecule has 3 rings (SSSR count). The van der Waals surface area contributed by atoms with Gasteiger partial charge in [0.2, 0.25) is 15.9 Å². The van der Waals surface area contributed by atoms with E-state index in [1.807, 2.05) is 11.8 Å². The average molecular weight is 365 g/mol. The van der Waals surface area contributed by atoms with Crippen LogP contribution in [0, 0.1) is 12.8 Å². The van der Waals surface area contributed by atoms with Gasteiger partial charge < -0.3 is 4.90 Å². The van der Waals surface area contributed by atoms with E-state index in [2.05, 4.69) is 6.92 Å². The van der Waals surface area contributed by atoms with Crippen molar-refractivity contribution >= 4 is 15.9 Å². The quantitative estimate of drug-likeness (QED) is 0.825. The number of piperidine rings is 1. The Morgan fingerprint density at radius 2 is 1.80 bits per heavy atom. The van der Waals surface area contributed by atoms with E-state index in [1.54, 1.807) is 24.3 Å². The van der Waals surface area contributed by atoms with Gasteiger partial charge in [-0.25, -0.2) is 8.42 Å². The minimum atomic E-state index is -3.62. The number of benzene rings is 1. The maximum atomic E-state index is 13.0. The van der Waals surface area contributed by atoms with Gasteiger partial charge in [-0.2, -0.15) is 4.31 Å². The van der Waals surface area contributed by atoms with Crippen LogP contribution in [-0.2, 0) is 14.8 Å². The molecule has 0 aromatic heterocycles. The van der Waals surface area contributed by atoms with Gasteiger partial charge >= 0.3 is 0 Å². The molecule has 0 radical (unpaired) electrons. The largest absolute Gasteiger partial charge is 0.341 e. The maximum Gasteiger partial charge on any atom is 0.243 e. The van der Waals surface area contributed by atoms with Crippen LogP contribution in [0.15, 0.2) is 29.2 Å². The molecule has 25 heavy (non-hydrogen) atoms. The smallest absolute Gasteiger partial charge is 0.243 e. The minimum Gasteiger partial charge on any atom is -0.341 e. The number of aryl methyl sites for hydroxylation is 1. The lowest BCUT2D eigenvalue weighted by molar-refractivity contribution is -0.136. The van der Waals surface area contributed by atoms with E-state index in [0.717, 1.165) is 44.3 Å². The molecule has 5 nitrogen and oxygen atoms in total. The Morgan fingerprint density at radius 3 is 2.48 bits per heavy atom. The second kappa shape index (κ2) is 7.46. The Labute approximate surface area is 151 Å². The first-order valence-corrected chi connectivity index (χ1v) is 10.7. The van der Waals surface area contributed by atoms with E-state index < -0.39 is 16.1 Å². The number of carbonyl (C=O) groups is 1. The summed E-state index contributed by atoms with van der Waals surface area (Å²) in [5.41, 5.74) is 1.02. The van der Waals surface area contributed by atoms with Crippen molar-refractivity contribution in [1.29, 1.82) is 0 Å². The van der Waals surface area contributed by atoms with Crippen molar-refractivity contribution in [2.75, 3.05) is 19.6 Å². The molecule has 1 amide bonds. The minimum absolute atomic E-state index is 0.00802. The summed E-state index contributed by atoms with van der Waals surface area (Å²) in [6.45, 7) is 6.04. The number of carbonyl (C=O) groups excluding carboxylic acids is 1. The molecule has 2 atom stereocenters. The topological polar surface area (TPSA) is 57.7 Å². The van der Waals surface area contributed by atoms with Crippen LogP contribution < -0.4 is 0 Å². The molecule has 2 saturated heterocycles. The van der Waals surface area contributed by atoms with Gasteiger partial charge in [-0.1, -0.05) is 31.0 Å². The number of hydrogen-bond donors (Lipinski definition) is 0. The molecule has 0 N–H and O–H groups in total. The molecule has 2 aliphatic rings. The van der Waals surface area contributed by atoms with Crippen molar-refractivity contribution in [3.05, 3.63) is 29.8 Å². The van der Waals surface area contributed by atoms with Gasteiger partial charge in [0.25, 0.3) is 0 Å². The maximum absolute atomic E-state index is 13.0. The fourth-order valence-electron chi connectivity index (χ4n) is 3.93. The predicted octanol–water partition coefficient (Wildman–Crippen LogP) is 2.80. The molecule has 6 heteroatoms. The molecule has 2 aliphatic heterocycles. The van der Waals surface area contributed by atoms with Gasteiger partial charge in [0.05, 0.1) is 4.90 Å². The van der Waals surface area contributed by atoms with E-state index in [1.165, 1.54) is 4.31 Å². The van der Waals surface area contributed by atoms with Gasteiger partial charge in [-0.05, 0) is 50.7 Å². The number of likely N-dealkylation sites (tertiary alicyclic amines) is 1. The second-order valence-corrected chi connectivity index (χ2v) is 9.18. The highest BCUT2D eigenvalue weighted by Gasteiger charge is 2.41.